The van der Waals surface area contributed by atoms with Gasteiger partial charge in [0.2, 0.25) is 5.82 Å². The van der Waals surface area contributed by atoms with Crippen molar-refractivity contribution >= 4 is 34.7 Å². The SMILES string of the molecule is O=[N+]([O-])c1c(C(Cl)Cl)nn(-c2ccccc2)c1N1CCc2ccccc2C1. The molecule has 27 heavy (non-hydrogen) atoms. The van der Waals surface area contributed by atoms with E-state index >= 15 is 0 Å². The smallest absolute Gasteiger partial charge is 0.337 e. The Hall–Kier alpha value is -2.57. The zero-order valence-corrected chi connectivity index (χ0v) is 15.8. The van der Waals surface area contributed by atoms with Crippen molar-refractivity contribution in [1.29, 1.82) is 0 Å². The topological polar surface area (TPSA) is 64.2 Å². The van der Waals surface area contributed by atoms with E-state index in [0.717, 1.165) is 17.7 Å². The first kappa shape index (κ1) is 17.8. The molecule has 0 fully saturated rings. The normalized spacial score (nSPS) is 13.7. The van der Waals surface area contributed by atoms with E-state index in [9.17, 15) is 10.1 Å². The number of nitrogens with zero attached hydrogens (tertiary/aromatic N) is 4. The molecule has 1 aromatic heterocycles. The molecule has 0 bridgehead atoms. The van der Waals surface area contributed by atoms with Crippen LogP contribution in [0.5, 0.6) is 0 Å². The molecule has 2 heterocycles. The van der Waals surface area contributed by atoms with Gasteiger partial charge in [-0.05, 0) is 29.7 Å². The predicted octanol–water partition coefficient (Wildman–Crippen LogP) is 4.82. The molecule has 0 aliphatic carbocycles. The molecular weight excluding hydrogens is 387 g/mol. The van der Waals surface area contributed by atoms with Gasteiger partial charge in [-0.25, -0.2) is 4.68 Å². The van der Waals surface area contributed by atoms with Crippen molar-refractivity contribution in [2.75, 3.05) is 11.4 Å². The van der Waals surface area contributed by atoms with Crippen LogP contribution in [-0.4, -0.2) is 21.2 Å². The van der Waals surface area contributed by atoms with Crippen molar-refractivity contribution in [3.63, 3.8) is 0 Å². The quantitative estimate of drug-likeness (QED) is 0.356. The van der Waals surface area contributed by atoms with Gasteiger partial charge in [-0.3, -0.25) is 10.1 Å². The largest absolute Gasteiger partial charge is 0.346 e. The minimum Gasteiger partial charge on any atom is -0.346 e. The fraction of sp³-hybridized carbons (Fsp3) is 0.211. The Balaban J connectivity index is 1.89. The van der Waals surface area contributed by atoms with E-state index in [1.807, 2.05) is 53.4 Å². The molecule has 0 N–H and O–H groups in total. The van der Waals surface area contributed by atoms with E-state index in [1.165, 1.54) is 5.56 Å². The molecule has 0 saturated carbocycles. The molecule has 0 spiro atoms. The molecule has 8 heteroatoms. The molecule has 0 radical (unpaired) electrons. The molecule has 0 saturated heterocycles. The van der Waals surface area contributed by atoms with Gasteiger partial charge >= 0.3 is 5.69 Å². The van der Waals surface area contributed by atoms with Crippen molar-refractivity contribution in [3.8, 4) is 5.69 Å². The zero-order valence-electron chi connectivity index (χ0n) is 14.3. The number of para-hydroxylation sites is 1. The van der Waals surface area contributed by atoms with Gasteiger partial charge in [0.1, 0.15) is 0 Å². The number of aromatic nitrogens is 2. The first-order chi connectivity index (χ1) is 13.1. The van der Waals surface area contributed by atoms with Gasteiger partial charge in [-0.1, -0.05) is 65.7 Å². The van der Waals surface area contributed by atoms with Gasteiger partial charge in [-0.2, -0.15) is 5.10 Å². The van der Waals surface area contributed by atoms with Crippen molar-refractivity contribution in [2.45, 2.75) is 17.8 Å². The molecule has 6 nitrogen and oxygen atoms in total. The van der Waals surface area contributed by atoms with E-state index in [-0.39, 0.29) is 11.4 Å². The minimum atomic E-state index is -1.09. The Bertz CT molecular complexity index is 989. The van der Waals surface area contributed by atoms with Crippen LogP contribution < -0.4 is 4.90 Å². The molecule has 0 amide bonds. The number of anilines is 1. The summed E-state index contributed by atoms with van der Waals surface area (Å²) in [6, 6.07) is 17.4. The molecule has 3 aromatic rings. The summed E-state index contributed by atoms with van der Waals surface area (Å²) in [7, 11) is 0. The number of nitro groups is 1. The fourth-order valence-corrected chi connectivity index (χ4v) is 3.74. The van der Waals surface area contributed by atoms with Gasteiger partial charge in [0.15, 0.2) is 10.5 Å². The minimum absolute atomic E-state index is 0.0565. The number of alkyl halides is 2. The lowest BCUT2D eigenvalue weighted by Gasteiger charge is -2.30. The third-order valence-corrected chi connectivity index (χ3v) is 5.10. The summed E-state index contributed by atoms with van der Waals surface area (Å²) in [6.45, 7) is 1.20. The van der Waals surface area contributed by atoms with Crippen molar-refractivity contribution in [3.05, 3.63) is 81.5 Å². The second-order valence-corrected chi connectivity index (χ2v) is 7.40. The van der Waals surface area contributed by atoms with Gasteiger partial charge < -0.3 is 4.90 Å². The number of fused-ring (bicyclic) bond motifs is 1. The average molecular weight is 403 g/mol. The van der Waals surface area contributed by atoms with Crippen LogP contribution in [0, 0.1) is 10.1 Å². The Kier molecular flexibility index (Phi) is 4.76. The van der Waals surface area contributed by atoms with E-state index < -0.39 is 9.76 Å². The van der Waals surface area contributed by atoms with Crippen LogP contribution in [-0.2, 0) is 13.0 Å². The lowest BCUT2D eigenvalue weighted by Crippen LogP contribution is -2.32. The van der Waals surface area contributed by atoms with Gasteiger partial charge in [-0.15, -0.1) is 0 Å². The summed E-state index contributed by atoms with van der Waals surface area (Å²) in [4.78, 5) is 12.3. The van der Waals surface area contributed by atoms with Crippen LogP contribution in [0.15, 0.2) is 54.6 Å². The second-order valence-electron chi connectivity index (χ2n) is 6.30. The van der Waals surface area contributed by atoms with E-state index in [1.54, 1.807) is 4.68 Å². The summed E-state index contributed by atoms with van der Waals surface area (Å²) in [5.74, 6) is 0.405. The summed E-state index contributed by atoms with van der Waals surface area (Å²) in [5.41, 5.74) is 3.03. The van der Waals surface area contributed by atoms with E-state index in [0.29, 0.717) is 18.9 Å². The van der Waals surface area contributed by atoms with Crippen LogP contribution in [0.4, 0.5) is 11.5 Å². The summed E-state index contributed by atoms with van der Waals surface area (Å²) < 4.78 is 1.57. The maximum absolute atomic E-state index is 11.9. The van der Waals surface area contributed by atoms with Crippen LogP contribution in [0.1, 0.15) is 21.7 Å². The zero-order chi connectivity index (χ0) is 19.0. The summed E-state index contributed by atoms with van der Waals surface area (Å²) in [6.07, 6.45) is 0.799. The fourth-order valence-electron chi connectivity index (χ4n) is 3.45. The molecule has 1 aliphatic heterocycles. The van der Waals surface area contributed by atoms with Gasteiger partial charge in [0, 0.05) is 13.1 Å². The average Bonchev–Trinajstić information content (AvgIpc) is 3.09. The molecule has 2 aromatic carbocycles. The maximum atomic E-state index is 11.9. The van der Waals surface area contributed by atoms with Crippen LogP contribution in [0.25, 0.3) is 5.69 Å². The van der Waals surface area contributed by atoms with E-state index in [4.69, 9.17) is 23.2 Å². The van der Waals surface area contributed by atoms with Crippen LogP contribution in [0.3, 0.4) is 0 Å². The van der Waals surface area contributed by atoms with Gasteiger partial charge in [0.05, 0.1) is 10.6 Å². The summed E-state index contributed by atoms with van der Waals surface area (Å²) >= 11 is 12.0. The van der Waals surface area contributed by atoms with Crippen molar-refractivity contribution < 1.29 is 4.92 Å². The van der Waals surface area contributed by atoms with Crippen molar-refractivity contribution in [2.24, 2.45) is 0 Å². The summed E-state index contributed by atoms with van der Waals surface area (Å²) in [5, 5.41) is 16.3. The highest BCUT2D eigenvalue weighted by Crippen LogP contribution is 2.41. The monoisotopic (exact) mass is 402 g/mol. The number of rotatable bonds is 4. The Morgan fingerprint density at radius 2 is 1.70 bits per heavy atom. The Morgan fingerprint density at radius 3 is 2.37 bits per heavy atom. The third-order valence-electron chi connectivity index (χ3n) is 4.68. The van der Waals surface area contributed by atoms with Gasteiger partial charge in [0.25, 0.3) is 0 Å². The molecule has 0 atom stereocenters. The highest BCUT2D eigenvalue weighted by molar-refractivity contribution is 6.44. The third kappa shape index (κ3) is 3.26. The molecule has 4 rings (SSSR count). The maximum Gasteiger partial charge on any atom is 0.337 e. The van der Waals surface area contributed by atoms with E-state index in [2.05, 4.69) is 11.2 Å². The molecule has 1 aliphatic rings. The Labute approximate surface area is 166 Å². The molecular formula is C19H16Cl2N4O2. The molecule has 0 unspecified atom stereocenters. The second kappa shape index (κ2) is 7.21. The van der Waals surface area contributed by atoms with Crippen LogP contribution >= 0.6 is 23.2 Å². The van der Waals surface area contributed by atoms with Crippen molar-refractivity contribution in [1.82, 2.24) is 9.78 Å². The molecule has 138 valence electrons. The first-order valence-electron chi connectivity index (χ1n) is 8.49. The lowest BCUT2D eigenvalue weighted by atomic mass is 10.00. The standard InChI is InChI=1S/C19H16Cl2N4O2/c20-18(21)16-17(25(26)27)19(24(22-16)15-8-2-1-3-9-15)23-11-10-13-6-4-5-7-14(13)12-23/h1-9,18H,10-12H2. The number of hydrogen-bond acceptors (Lipinski definition) is 4. The number of halogens is 2. The Morgan fingerprint density at radius 1 is 1.04 bits per heavy atom. The highest BCUT2D eigenvalue weighted by Gasteiger charge is 2.35. The number of hydrogen-bond donors (Lipinski definition) is 0. The number of benzene rings is 2. The lowest BCUT2D eigenvalue weighted by molar-refractivity contribution is -0.384. The van der Waals surface area contributed by atoms with Crippen LogP contribution in [0.2, 0.25) is 0 Å². The predicted molar refractivity (Wildman–Crippen MR) is 106 cm³/mol. The first-order valence-corrected chi connectivity index (χ1v) is 9.36. The highest BCUT2D eigenvalue weighted by atomic mass is 35.5.